The van der Waals surface area contributed by atoms with E-state index in [0.29, 0.717) is 17.0 Å². The van der Waals surface area contributed by atoms with E-state index in [1.165, 1.54) is 29.9 Å². The second-order valence-corrected chi connectivity index (χ2v) is 5.12. The van der Waals surface area contributed by atoms with Crippen LogP contribution in [0.15, 0.2) is 25.3 Å². The Bertz CT molecular complexity index is 820. The van der Waals surface area contributed by atoms with E-state index in [0.717, 1.165) is 0 Å². The van der Waals surface area contributed by atoms with Gasteiger partial charge >= 0.3 is 0 Å². The van der Waals surface area contributed by atoms with Crippen molar-refractivity contribution in [3.63, 3.8) is 0 Å². The Hall–Kier alpha value is -2.47. The van der Waals surface area contributed by atoms with Crippen LogP contribution in [-0.2, 0) is 4.74 Å². The SMILES string of the molecule is OC[C@H]1O[C@@H](n2c[15n]c3c(-n4cnnc4)[15n]cnc32)[C@H](O)[C@@H]1O. The van der Waals surface area contributed by atoms with Crippen LogP contribution in [0.5, 0.6) is 0 Å². The third-order valence-corrected chi connectivity index (χ3v) is 3.79. The highest BCUT2D eigenvalue weighted by atomic mass is 16.6. The van der Waals surface area contributed by atoms with Gasteiger partial charge in [0.05, 0.1) is 12.9 Å². The summed E-state index contributed by atoms with van der Waals surface area (Å²) >= 11 is 0. The fourth-order valence-corrected chi connectivity index (χ4v) is 2.63. The summed E-state index contributed by atoms with van der Waals surface area (Å²) in [6.45, 7) is -0.400. The number of rotatable bonds is 3. The highest BCUT2D eigenvalue weighted by Crippen LogP contribution is 2.31. The summed E-state index contributed by atoms with van der Waals surface area (Å²) in [5.41, 5.74) is 0.878. The first-order chi connectivity index (χ1) is 11.2. The first-order valence-electron chi connectivity index (χ1n) is 6.85. The van der Waals surface area contributed by atoms with E-state index in [9.17, 15) is 15.3 Å². The zero-order chi connectivity index (χ0) is 16.0. The molecule has 0 amide bonds. The van der Waals surface area contributed by atoms with E-state index in [1.807, 2.05) is 0 Å². The minimum atomic E-state index is -1.21. The van der Waals surface area contributed by atoms with Crippen LogP contribution in [0.3, 0.4) is 0 Å². The quantitative estimate of drug-likeness (QED) is 0.499. The van der Waals surface area contributed by atoms with Crippen molar-refractivity contribution >= 4 is 11.2 Å². The second kappa shape index (κ2) is 5.31. The van der Waals surface area contributed by atoms with E-state index in [-0.39, 0.29) is 0 Å². The van der Waals surface area contributed by atoms with Gasteiger partial charge in [-0.15, -0.1) is 10.2 Å². The van der Waals surface area contributed by atoms with Crippen molar-refractivity contribution in [2.45, 2.75) is 24.5 Å². The van der Waals surface area contributed by atoms with Gasteiger partial charge < -0.3 is 20.1 Å². The molecule has 1 fully saturated rings. The molecule has 0 aliphatic carbocycles. The first-order valence-corrected chi connectivity index (χ1v) is 6.85. The Balaban J connectivity index is 1.80. The lowest BCUT2D eigenvalue weighted by atomic mass is 10.1. The van der Waals surface area contributed by atoms with Crippen molar-refractivity contribution < 1.29 is 20.1 Å². The lowest BCUT2D eigenvalue weighted by Gasteiger charge is -2.16. The molecular weight excluding hydrogens is 308 g/mol. The molecule has 0 radical (unpaired) electrons. The number of aliphatic hydroxyl groups excluding tert-OH is 3. The molecular formula is C12H13N7O4. The summed E-state index contributed by atoms with van der Waals surface area (Å²) in [6, 6.07) is 0. The van der Waals surface area contributed by atoms with Gasteiger partial charge in [0.25, 0.3) is 0 Å². The zero-order valence-corrected chi connectivity index (χ0v) is 11.7. The minimum absolute atomic E-state index is 0.400. The maximum absolute atomic E-state index is 10.1. The van der Waals surface area contributed by atoms with E-state index >= 15 is 0 Å². The van der Waals surface area contributed by atoms with Crippen LogP contribution in [0.1, 0.15) is 6.23 Å². The van der Waals surface area contributed by atoms with Crippen molar-refractivity contribution in [3.8, 4) is 5.82 Å². The van der Waals surface area contributed by atoms with Gasteiger partial charge in [0, 0.05) is 0 Å². The molecule has 11 heteroatoms. The van der Waals surface area contributed by atoms with Crippen molar-refractivity contribution in [3.05, 3.63) is 25.3 Å². The molecule has 11 nitrogen and oxygen atoms in total. The second-order valence-electron chi connectivity index (χ2n) is 5.12. The van der Waals surface area contributed by atoms with Gasteiger partial charge in [0.1, 0.15) is 37.3 Å². The Kier molecular flexibility index (Phi) is 3.27. The largest absolute Gasteiger partial charge is 0.394 e. The number of imidazole rings is 1. The summed E-state index contributed by atoms with van der Waals surface area (Å²) < 4.78 is 8.58. The monoisotopic (exact) mass is 321 g/mol. The van der Waals surface area contributed by atoms with E-state index in [1.54, 1.807) is 4.57 Å². The van der Waals surface area contributed by atoms with Crippen LogP contribution < -0.4 is 0 Å². The predicted molar refractivity (Wildman–Crippen MR) is 73.2 cm³/mol. The van der Waals surface area contributed by atoms with E-state index in [4.69, 9.17) is 4.74 Å². The van der Waals surface area contributed by atoms with Gasteiger partial charge in [-0.2, -0.15) is 0 Å². The van der Waals surface area contributed by atoms with Gasteiger partial charge in [-0.3, -0.25) is 9.13 Å². The first kappa shape index (κ1) is 14.1. The fourth-order valence-electron chi connectivity index (χ4n) is 2.63. The number of ether oxygens (including phenoxy) is 1. The van der Waals surface area contributed by atoms with Gasteiger partial charge in [0.2, 0.25) is 0 Å². The lowest BCUT2D eigenvalue weighted by Crippen LogP contribution is -2.33. The van der Waals surface area contributed by atoms with Crippen molar-refractivity contribution in [2.75, 3.05) is 6.61 Å². The summed E-state index contributed by atoms with van der Waals surface area (Å²) in [5.74, 6) is 0.477. The van der Waals surface area contributed by atoms with Crippen LogP contribution >= 0.6 is 0 Å². The van der Waals surface area contributed by atoms with Crippen molar-refractivity contribution in [2.24, 2.45) is 0 Å². The lowest BCUT2D eigenvalue weighted by molar-refractivity contribution is -0.0511. The normalized spacial score (nSPS) is 27.8. The molecule has 23 heavy (non-hydrogen) atoms. The fraction of sp³-hybridized carbons (Fsp3) is 0.417. The molecule has 0 bridgehead atoms. The van der Waals surface area contributed by atoms with Crippen LogP contribution in [0.4, 0.5) is 0 Å². The van der Waals surface area contributed by atoms with Gasteiger partial charge in [-0.05, 0) is 0 Å². The summed E-state index contributed by atoms with van der Waals surface area (Å²) in [5, 5.41) is 36.7. The van der Waals surface area contributed by atoms with Gasteiger partial charge in [0.15, 0.2) is 23.2 Å². The molecule has 4 atom stereocenters. The Morgan fingerprint density at radius 1 is 1.04 bits per heavy atom. The maximum Gasteiger partial charge on any atom is 0.170 e. The van der Waals surface area contributed by atoms with Crippen molar-refractivity contribution in [1.82, 2.24) is 34.3 Å². The number of fused-ring (bicyclic) bond motifs is 1. The molecule has 3 aromatic rings. The number of hydrogen-bond acceptors (Lipinski definition) is 9. The molecule has 3 aromatic heterocycles. The smallest absolute Gasteiger partial charge is 0.170 e. The minimum Gasteiger partial charge on any atom is -0.394 e. The summed E-state index contributed by atoms with van der Waals surface area (Å²) in [6.07, 6.45) is 1.56. The Morgan fingerprint density at radius 2 is 1.83 bits per heavy atom. The van der Waals surface area contributed by atoms with E-state index < -0.39 is 31.1 Å². The molecule has 1 saturated heterocycles. The zero-order valence-electron chi connectivity index (χ0n) is 11.7. The van der Waals surface area contributed by atoms with Crippen LogP contribution in [0, 0.1) is 0 Å². The molecule has 120 valence electrons. The topological polar surface area (TPSA) is 144 Å². The standard InChI is InChI=1S/C12H13N7O4/c20-1-6-8(21)9(22)12(23-6)19-3-15-7-10(13-2-14-11(7)19)18-4-16-17-5-18/h2-6,8-9,12,20-22H,1H2/t6-,8-,9-,12-/m1/s1/i13+1,15+1. The van der Waals surface area contributed by atoms with Crippen LogP contribution in [0.25, 0.3) is 17.0 Å². The molecule has 0 aromatic carbocycles. The molecule has 3 N–H and O–H groups in total. The summed E-state index contributed by atoms with van der Waals surface area (Å²) in [4.78, 5) is 12.6. The molecule has 4 heterocycles. The highest BCUT2D eigenvalue weighted by Gasteiger charge is 2.44. The third-order valence-electron chi connectivity index (χ3n) is 3.79. The molecule has 0 saturated carbocycles. The predicted octanol–water partition coefficient (Wildman–Crippen LogP) is -1.98. The highest BCUT2D eigenvalue weighted by molar-refractivity contribution is 5.78. The molecule has 1 aliphatic rings. The van der Waals surface area contributed by atoms with Crippen LogP contribution in [0.2, 0.25) is 0 Å². The van der Waals surface area contributed by atoms with Crippen molar-refractivity contribution in [1.29, 1.82) is 0 Å². The van der Waals surface area contributed by atoms with Gasteiger partial charge in [-0.1, -0.05) is 0 Å². The number of aliphatic hydroxyl groups is 3. The average Bonchev–Trinajstić information content (AvgIpc) is 3.28. The number of nitrogens with zero attached hydrogens (tertiary/aromatic N) is 7. The third kappa shape index (κ3) is 2.09. The molecule has 1 aliphatic heterocycles. The summed E-state index contributed by atoms with van der Waals surface area (Å²) in [7, 11) is 0. The molecule has 0 unspecified atom stereocenters. The van der Waals surface area contributed by atoms with E-state index in [2.05, 4.69) is 25.1 Å². The maximum atomic E-state index is 10.1. The molecule has 0 spiro atoms. The number of hydrogen-bond donors (Lipinski definition) is 3. The number of aromatic nitrogens is 7. The van der Waals surface area contributed by atoms with Gasteiger partial charge in [-0.25, -0.2) is 15.0 Å². The molecule has 4 rings (SSSR count). The Labute approximate surface area is 128 Å². The van der Waals surface area contributed by atoms with Crippen LogP contribution in [-0.4, -0.2) is 74.5 Å². The average molecular weight is 321 g/mol. The Morgan fingerprint density at radius 3 is 2.52 bits per heavy atom.